The van der Waals surface area contributed by atoms with Crippen molar-refractivity contribution in [3.63, 3.8) is 0 Å². The van der Waals surface area contributed by atoms with Crippen molar-refractivity contribution in [1.29, 1.82) is 0 Å². The molecule has 0 fully saturated rings. The molecule has 13 heavy (non-hydrogen) atoms. The molecule has 0 bridgehead atoms. The molecule has 1 heteroatoms. The molecule has 78 valence electrons. The van der Waals surface area contributed by atoms with E-state index in [2.05, 4.69) is 53.3 Å². The molecule has 0 aliphatic carbocycles. The average Bonchev–Trinajstić information content (AvgIpc) is 1.96. The number of hydrogen-bond donors (Lipinski definition) is 0. The summed E-state index contributed by atoms with van der Waals surface area (Å²) in [5.41, 5.74) is 1.63. The molecule has 0 spiro atoms. The highest BCUT2D eigenvalue weighted by Crippen LogP contribution is 2.33. The van der Waals surface area contributed by atoms with Crippen LogP contribution in [0, 0.1) is 11.3 Å². The molecule has 0 aliphatic rings. The van der Waals surface area contributed by atoms with E-state index in [0.717, 1.165) is 12.3 Å². The van der Waals surface area contributed by atoms with Gasteiger partial charge in [0.15, 0.2) is 0 Å². The van der Waals surface area contributed by atoms with Crippen LogP contribution in [0.15, 0.2) is 12.3 Å². The molecule has 0 aromatic rings. The van der Waals surface area contributed by atoms with Gasteiger partial charge in [-0.3, -0.25) is 0 Å². The lowest BCUT2D eigenvalue weighted by Crippen LogP contribution is -2.23. The van der Waals surface area contributed by atoms with E-state index in [4.69, 9.17) is 0 Å². The zero-order chi connectivity index (χ0) is 10.6. The minimum atomic E-state index is 0.397. The Labute approximate surface area is 83.8 Å². The smallest absolute Gasteiger partial charge is 0.00579 e. The second-order valence-electron chi connectivity index (χ2n) is 5.14. The van der Waals surface area contributed by atoms with E-state index < -0.39 is 0 Å². The minimum absolute atomic E-state index is 0.397. The number of allylic oxidation sites excluding steroid dienone is 1. The Bertz CT molecular complexity index is 162. The molecule has 0 rings (SSSR count). The van der Waals surface area contributed by atoms with E-state index >= 15 is 0 Å². The van der Waals surface area contributed by atoms with Crippen molar-refractivity contribution in [2.45, 2.75) is 40.5 Å². The van der Waals surface area contributed by atoms with Crippen LogP contribution in [0.4, 0.5) is 0 Å². The third kappa shape index (κ3) is 4.35. The zero-order valence-corrected chi connectivity index (χ0v) is 10.1. The van der Waals surface area contributed by atoms with Gasteiger partial charge in [-0.05, 0) is 17.8 Å². The molecule has 0 amide bonds. The van der Waals surface area contributed by atoms with Crippen molar-refractivity contribution in [1.82, 2.24) is 4.90 Å². The van der Waals surface area contributed by atoms with Crippen molar-refractivity contribution in [2.24, 2.45) is 11.3 Å². The van der Waals surface area contributed by atoms with Gasteiger partial charge in [-0.2, -0.15) is 0 Å². The number of hydrogen-bond acceptors (Lipinski definition) is 1. The second kappa shape index (κ2) is 4.69. The maximum atomic E-state index is 4.08. The Balaban J connectivity index is 4.22. The molecule has 0 aliphatic heterocycles. The maximum absolute atomic E-state index is 4.08. The van der Waals surface area contributed by atoms with Crippen LogP contribution in [-0.4, -0.2) is 19.0 Å². The summed E-state index contributed by atoms with van der Waals surface area (Å²) >= 11 is 0. The number of nitrogens with zero attached hydrogens (tertiary/aromatic N) is 1. The molecule has 0 aromatic carbocycles. The minimum Gasteiger partial charge on any atom is -0.381 e. The molecule has 0 heterocycles. The molecular formula is C12H25N. The molecule has 0 saturated heterocycles. The largest absolute Gasteiger partial charge is 0.381 e. The van der Waals surface area contributed by atoms with Crippen molar-refractivity contribution in [3.05, 3.63) is 12.3 Å². The van der Waals surface area contributed by atoms with Gasteiger partial charge < -0.3 is 4.90 Å². The summed E-state index contributed by atoms with van der Waals surface area (Å²) in [6, 6.07) is 0. The van der Waals surface area contributed by atoms with Gasteiger partial charge in [0.05, 0.1) is 0 Å². The fourth-order valence-corrected chi connectivity index (χ4v) is 1.53. The molecule has 1 unspecified atom stereocenters. The molecule has 0 saturated carbocycles. The van der Waals surface area contributed by atoms with E-state index in [9.17, 15) is 0 Å². The van der Waals surface area contributed by atoms with E-state index in [1.807, 2.05) is 0 Å². The standard InChI is InChI=1S/C12H25N/c1-8-11(12(3,4)5)9-10(2)13(6)7/h11H,2,8-9H2,1,3-7H3. The van der Waals surface area contributed by atoms with Crippen LogP contribution in [0.2, 0.25) is 0 Å². The van der Waals surface area contributed by atoms with Gasteiger partial charge in [-0.1, -0.05) is 40.7 Å². The third-order valence-corrected chi connectivity index (χ3v) is 2.83. The van der Waals surface area contributed by atoms with Crippen LogP contribution in [0.3, 0.4) is 0 Å². The van der Waals surface area contributed by atoms with E-state index in [0.29, 0.717) is 5.41 Å². The van der Waals surface area contributed by atoms with E-state index in [1.54, 1.807) is 0 Å². The zero-order valence-electron chi connectivity index (χ0n) is 10.1. The van der Waals surface area contributed by atoms with Gasteiger partial charge in [0.25, 0.3) is 0 Å². The summed E-state index contributed by atoms with van der Waals surface area (Å²) in [5.74, 6) is 0.738. The van der Waals surface area contributed by atoms with Crippen LogP contribution in [0.25, 0.3) is 0 Å². The summed E-state index contributed by atoms with van der Waals surface area (Å²) < 4.78 is 0. The van der Waals surface area contributed by atoms with Crippen LogP contribution >= 0.6 is 0 Å². The Morgan fingerprint density at radius 1 is 1.31 bits per heavy atom. The van der Waals surface area contributed by atoms with Crippen molar-refractivity contribution in [2.75, 3.05) is 14.1 Å². The Hall–Kier alpha value is -0.460. The lowest BCUT2D eigenvalue weighted by atomic mass is 9.76. The van der Waals surface area contributed by atoms with Gasteiger partial charge >= 0.3 is 0 Å². The molecule has 0 aromatic heterocycles. The summed E-state index contributed by atoms with van der Waals surface area (Å²) in [5, 5.41) is 0. The monoisotopic (exact) mass is 183 g/mol. The summed E-state index contributed by atoms with van der Waals surface area (Å²) in [4.78, 5) is 2.12. The first kappa shape index (κ1) is 12.5. The fourth-order valence-electron chi connectivity index (χ4n) is 1.53. The third-order valence-electron chi connectivity index (χ3n) is 2.83. The first-order valence-electron chi connectivity index (χ1n) is 5.14. The fraction of sp³-hybridized carbons (Fsp3) is 0.833. The van der Waals surface area contributed by atoms with Crippen LogP contribution in [0.5, 0.6) is 0 Å². The lowest BCUT2D eigenvalue weighted by Gasteiger charge is -2.32. The molecular weight excluding hydrogens is 158 g/mol. The van der Waals surface area contributed by atoms with Crippen LogP contribution in [-0.2, 0) is 0 Å². The normalized spacial score (nSPS) is 14.0. The van der Waals surface area contributed by atoms with Crippen LogP contribution < -0.4 is 0 Å². The van der Waals surface area contributed by atoms with Gasteiger partial charge in [-0.15, -0.1) is 0 Å². The topological polar surface area (TPSA) is 3.24 Å². The molecule has 0 radical (unpaired) electrons. The van der Waals surface area contributed by atoms with Crippen LogP contribution in [0.1, 0.15) is 40.5 Å². The quantitative estimate of drug-likeness (QED) is 0.644. The highest BCUT2D eigenvalue weighted by molar-refractivity contribution is 4.94. The Morgan fingerprint density at radius 2 is 1.77 bits per heavy atom. The highest BCUT2D eigenvalue weighted by Gasteiger charge is 2.23. The SMILES string of the molecule is C=C(CC(CC)C(C)(C)C)N(C)C. The molecule has 1 nitrogen and oxygen atoms in total. The summed E-state index contributed by atoms with van der Waals surface area (Å²) in [6.45, 7) is 13.3. The maximum Gasteiger partial charge on any atom is 0.00579 e. The summed E-state index contributed by atoms with van der Waals surface area (Å²) in [7, 11) is 4.13. The number of rotatable bonds is 4. The van der Waals surface area contributed by atoms with E-state index in [1.165, 1.54) is 12.1 Å². The van der Waals surface area contributed by atoms with Gasteiger partial charge in [0, 0.05) is 19.8 Å². The van der Waals surface area contributed by atoms with Crippen molar-refractivity contribution in [3.8, 4) is 0 Å². The van der Waals surface area contributed by atoms with Gasteiger partial charge in [-0.25, -0.2) is 0 Å². The lowest BCUT2D eigenvalue weighted by molar-refractivity contribution is 0.219. The average molecular weight is 183 g/mol. The predicted molar refractivity (Wildman–Crippen MR) is 60.7 cm³/mol. The van der Waals surface area contributed by atoms with Gasteiger partial charge in [0.1, 0.15) is 0 Å². The predicted octanol–water partition coefficient (Wildman–Crippen LogP) is 3.52. The molecule has 1 atom stereocenters. The first-order valence-corrected chi connectivity index (χ1v) is 5.14. The highest BCUT2D eigenvalue weighted by atomic mass is 15.1. The van der Waals surface area contributed by atoms with Gasteiger partial charge in [0.2, 0.25) is 0 Å². The van der Waals surface area contributed by atoms with Crippen molar-refractivity contribution >= 4 is 0 Å². The first-order chi connectivity index (χ1) is 5.79. The Kier molecular flexibility index (Phi) is 4.52. The molecule has 0 N–H and O–H groups in total. The van der Waals surface area contributed by atoms with E-state index in [-0.39, 0.29) is 0 Å². The summed E-state index contributed by atoms with van der Waals surface area (Å²) in [6.07, 6.45) is 2.35. The van der Waals surface area contributed by atoms with Crippen molar-refractivity contribution < 1.29 is 0 Å². The second-order valence-corrected chi connectivity index (χ2v) is 5.14. The Morgan fingerprint density at radius 3 is 2.00 bits per heavy atom.